The average Bonchev–Trinajstić information content (AvgIpc) is 3.08. The third-order valence-corrected chi connectivity index (χ3v) is 6.21. The predicted molar refractivity (Wildman–Crippen MR) is 114 cm³/mol. The highest BCUT2D eigenvalue weighted by molar-refractivity contribution is 6.34. The minimum atomic E-state index is -0.686. The van der Waals surface area contributed by atoms with Gasteiger partial charge in [-0.3, -0.25) is 19.8 Å². The Morgan fingerprint density at radius 3 is 2.62 bits per heavy atom. The van der Waals surface area contributed by atoms with Crippen LogP contribution in [0.25, 0.3) is 0 Å². The number of nitro benzene ring substituents is 1. The van der Waals surface area contributed by atoms with E-state index in [4.69, 9.17) is 16.3 Å². The molecular weight excluding hydrogens is 436 g/mol. The number of benzene rings is 2. The van der Waals surface area contributed by atoms with Gasteiger partial charge in [0, 0.05) is 38.1 Å². The molecule has 2 fully saturated rings. The van der Waals surface area contributed by atoms with Gasteiger partial charge in [-0.15, -0.1) is 0 Å². The van der Waals surface area contributed by atoms with Gasteiger partial charge < -0.3 is 9.64 Å². The third-order valence-electron chi connectivity index (χ3n) is 5.90. The molecule has 0 atom stereocenters. The number of likely N-dealkylation sites (tertiary alicyclic amines) is 1. The van der Waals surface area contributed by atoms with Crippen LogP contribution >= 0.6 is 11.6 Å². The Morgan fingerprint density at radius 2 is 1.97 bits per heavy atom. The van der Waals surface area contributed by atoms with Gasteiger partial charge in [0.05, 0.1) is 40.2 Å². The average molecular weight is 455 g/mol. The van der Waals surface area contributed by atoms with Crippen molar-refractivity contribution in [3.63, 3.8) is 0 Å². The van der Waals surface area contributed by atoms with Crippen molar-refractivity contribution in [2.24, 2.45) is 0 Å². The van der Waals surface area contributed by atoms with Gasteiger partial charge >= 0.3 is 6.09 Å². The summed E-state index contributed by atoms with van der Waals surface area (Å²) in [6.07, 6.45) is 0.493. The molecule has 0 aliphatic carbocycles. The Morgan fingerprint density at radius 1 is 1.25 bits per heavy atom. The number of hydrogen-bond donors (Lipinski definition) is 0. The molecule has 0 bridgehead atoms. The normalized spacial score (nSPS) is 17.2. The van der Waals surface area contributed by atoms with Crippen LogP contribution in [-0.4, -0.2) is 52.0 Å². The van der Waals surface area contributed by atoms with Crippen LogP contribution in [0.15, 0.2) is 42.5 Å². The molecule has 2 heterocycles. The molecule has 0 aromatic heterocycles. The van der Waals surface area contributed by atoms with E-state index in [0.29, 0.717) is 38.0 Å². The largest absolute Gasteiger partial charge is 0.441 e. The highest BCUT2D eigenvalue weighted by Gasteiger charge is 2.47. The van der Waals surface area contributed by atoms with Crippen LogP contribution in [0.2, 0.25) is 5.02 Å². The van der Waals surface area contributed by atoms with Gasteiger partial charge in [0.25, 0.3) is 11.6 Å². The highest BCUT2D eigenvalue weighted by atomic mass is 35.5. The molecule has 0 saturated carbocycles. The van der Waals surface area contributed by atoms with Gasteiger partial charge in [-0.25, -0.2) is 4.79 Å². The molecule has 2 aliphatic rings. The molecule has 2 aliphatic heterocycles. The van der Waals surface area contributed by atoms with Crippen LogP contribution in [-0.2, 0) is 11.3 Å². The number of hydrogen-bond acceptors (Lipinski definition) is 6. The maximum absolute atomic E-state index is 12.9. The fourth-order valence-electron chi connectivity index (χ4n) is 4.13. The summed E-state index contributed by atoms with van der Waals surface area (Å²) < 4.78 is 5.71. The van der Waals surface area contributed by atoms with E-state index >= 15 is 0 Å². The van der Waals surface area contributed by atoms with E-state index in [0.717, 1.165) is 11.6 Å². The number of piperidine rings is 1. The van der Waals surface area contributed by atoms with Gasteiger partial charge in [-0.1, -0.05) is 29.8 Å². The summed E-state index contributed by atoms with van der Waals surface area (Å²) in [5.74, 6) is -0.316. The van der Waals surface area contributed by atoms with Gasteiger partial charge in [-0.2, -0.15) is 5.26 Å². The van der Waals surface area contributed by atoms with E-state index in [1.807, 2.05) is 12.1 Å². The highest BCUT2D eigenvalue weighted by Crippen LogP contribution is 2.35. The summed E-state index contributed by atoms with van der Waals surface area (Å²) in [6.45, 7) is 1.39. The van der Waals surface area contributed by atoms with Gasteiger partial charge in [0.15, 0.2) is 0 Å². The van der Waals surface area contributed by atoms with Crippen molar-refractivity contribution in [2.75, 3.05) is 19.6 Å². The first kappa shape index (κ1) is 21.6. The zero-order valence-corrected chi connectivity index (χ0v) is 17.7. The van der Waals surface area contributed by atoms with Crippen molar-refractivity contribution in [2.45, 2.75) is 25.0 Å². The fraction of sp³-hybridized carbons (Fsp3) is 0.318. The molecule has 4 rings (SSSR count). The summed E-state index contributed by atoms with van der Waals surface area (Å²) in [4.78, 5) is 38.9. The number of ether oxygens (including phenoxy) is 1. The molecule has 0 radical (unpaired) electrons. The molecule has 164 valence electrons. The summed E-state index contributed by atoms with van der Waals surface area (Å²) in [6, 6.07) is 13.0. The molecule has 2 amide bonds. The third kappa shape index (κ3) is 4.09. The van der Waals surface area contributed by atoms with Crippen LogP contribution in [0, 0.1) is 21.4 Å². The number of rotatable bonds is 4. The molecule has 10 heteroatoms. The summed E-state index contributed by atoms with van der Waals surface area (Å²) in [5.41, 5.74) is 0.604. The predicted octanol–water partition coefficient (Wildman–Crippen LogP) is 3.75. The number of carbonyl (C=O) groups is 2. The maximum Gasteiger partial charge on any atom is 0.410 e. The van der Waals surface area contributed by atoms with E-state index in [1.165, 1.54) is 12.1 Å². The van der Waals surface area contributed by atoms with Crippen LogP contribution in [0.5, 0.6) is 0 Å². The summed E-state index contributed by atoms with van der Waals surface area (Å²) in [5, 5.41) is 20.2. The first-order valence-corrected chi connectivity index (χ1v) is 10.4. The molecule has 0 N–H and O–H groups in total. The van der Waals surface area contributed by atoms with Crippen LogP contribution in [0.4, 0.5) is 10.5 Å². The SMILES string of the molecule is N#Cc1ccccc1CN1CC2(CCN(C(=O)c3ccc([N+](=O)[O-])cc3Cl)CC2)OC1=O. The van der Waals surface area contributed by atoms with Crippen LogP contribution in [0.1, 0.15) is 34.3 Å². The first-order valence-electron chi connectivity index (χ1n) is 10.0. The maximum atomic E-state index is 12.9. The lowest BCUT2D eigenvalue weighted by atomic mass is 9.91. The van der Waals surface area contributed by atoms with E-state index in [1.54, 1.807) is 21.9 Å². The monoisotopic (exact) mass is 454 g/mol. The number of nitrogens with zero attached hydrogens (tertiary/aromatic N) is 4. The van der Waals surface area contributed by atoms with E-state index in [9.17, 15) is 25.0 Å². The van der Waals surface area contributed by atoms with E-state index < -0.39 is 16.6 Å². The zero-order valence-electron chi connectivity index (χ0n) is 17.0. The second kappa shape index (κ2) is 8.48. The Balaban J connectivity index is 1.41. The van der Waals surface area contributed by atoms with Gasteiger partial charge in [0.1, 0.15) is 5.60 Å². The Labute approximate surface area is 188 Å². The number of amides is 2. The first-order chi connectivity index (χ1) is 15.3. The number of halogens is 1. The molecule has 32 heavy (non-hydrogen) atoms. The van der Waals surface area contributed by atoms with Crippen molar-refractivity contribution in [3.05, 3.63) is 74.3 Å². The molecule has 2 aromatic carbocycles. The summed E-state index contributed by atoms with van der Waals surface area (Å²) in [7, 11) is 0. The molecule has 9 nitrogen and oxygen atoms in total. The lowest BCUT2D eigenvalue weighted by Gasteiger charge is -2.37. The van der Waals surface area contributed by atoms with Crippen LogP contribution in [0.3, 0.4) is 0 Å². The molecule has 1 spiro atoms. The van der Waals surface area contributed by atoms with Crippen molar-refractivity contribution >= 4 is 29.3 Å². The smallest absolute Gasteiger partial charge is 0.410 e. The number of nitriles is 1. The Hall–Kier alpha value is -3.64. The lowest BCUT2D eigenvalue weighted by molar-refractivity contribution is -0.384. The quantitative estimate of drug-likeness (QED) is 0.513. The summed E-state index contributed by atoms with van der Waals surface area (Å²) >= 11 is 6.10. The Kier molecular flexibility index (Phi) is 5.72. The minimum absolute atomic E-state index is 0.0270. The molecule has 2 aromatic rings. The zero-order chi connectivity index (χ0) is 22.9. The van der Waals surface area contributed by atoms with Crippen molar-refractivity contribution in [1.82, 2.24) is 9.80 Å². The fourth-order valence-corrected chi connectivity index (χ4v) is 4.38. The topological polar surface area (TPSA) is 117 Å². The second-order valence-corrected chi connectivity index (χ2v) is 8.30. The van der Waals surface area contributed by atoms with E-state index in [-0.39, 0.29) is 28.7 Å². The Bertz CT molecular complexity index is 1140. The van der Waals surface area contributed by atoms with Crippen molar-refractivity contribution in [1.29, 1.82) is 5.26 Å². The van der Waals surface area contributed by atoms with Crippen LogP contribution < -0.4 is 0 Å². The molecule has 2 saturated heterocycles. The number of nitro groups is 1. The van der Waals surface area contributed by atoms with E-state index in [2.05, 4.69) is 6.07 Å². The number of non-ortho nitro benzene ring substituents is 1. The van der Waals surface area contributed by atoms with Crippen molar-refractivity contribution in [3.8, 4) is 6.07 Å². The number of carbonyl (C=O) groups excluding carboxylic acids is 2. The van der Waals surface area contributed by atoms with Gasteiger partial charge in [-0.05, 0) is 17.7 Å². The van der Waals surface area contributed by atoms with Gasteiger partial charge in [0.2, 0.25) is 0 Å². The molecule has 0 unspecified atom stereocenters. The molecular formula is C22H19ClN4O5. The second-order valence-electron chi connectivity index (χ2n) is 7.89. The van der Waals surface area contributed by atoms with Crippen molar-refractivity contribution < 1.29 is 19.2 Å². The standard InChI is InChI=1S/C22H19ClN4O5/c23-19-11-17(27(30)31)5-6-18(19)20(28)25-9-7-22(8-10-25)14-26(21(29)32-22)13-16-4-2-1-3-15(16)12-24/h1-6,11H,7-10,13-14H2. The minimum Gasteiger partial charge on any atom is -0.441 e. The lowest BCUT2D eigenvalue weighted by Crippen LogP contribution is -2.48.